The summed E-state index contributed by atoms with van der Waals surface area (Å²) in [7, 11) is 3.79. The first-order valence-electron chi connectivity index (χ1n) is 7.09. The maximum absolute atomic E-state index is 5.85. The predicted molar refractivity (Wildman–Crippen MR) is 89.8 cm³/mol. The standard InChI is InChI=1S/C15H22N6/c1-5-21(6-2)12-9-7-11(8-10-12)17-13-14(16)18-19-15(13)20(3)4/h7-10H,5-6H2,1-4H3,(H2,16,17,18). The number of amidine groups is 2. The molecule has 0 unspecified atom stereocenters. The fraction of sp³-hybridized carbons (Fsp3) is 0.400. The maximum Gasteiger partial charge on any atom is 0.180 e. The van der Waals surface area contributed by atoms with Crippen LogP contribution in [0.1, 0.15) is 13.8 Å². The van der Waals surface area contributed by atoms with Crippen molar-refractivity contribution in [2.24, 2.45) is 20.9 Å². The topological polar surface area (TPSA) is 69.6 Å². The summed E-state index contributed by atoms with van der Waals surface area (Å²) in [5.41, 5.74) is 8.50. The molecule has 0 aromatic heterocycles. The molecule has 112 valence electrons. The Balaban J connectivity index is 2.25. The molecule has 0 saturated heterocycles. The molecular weight excluding hydrogens is 264 g/mol. The van der Waals surface area contributed by atoms with Crippen LogP contribution in [0.25, 0.3) is 0 Å². The van der Waals surface area contributed by atoms with E-state index in [2.05, 4.69) is 46.1 Å². The van der Waals surface area contributed by atoms with Crippen LogP contribution in [0.3, 0.4) is 0 Å². The smallest absolute Gasteiger partial charge is 0.180 e. The van der Waals surface area contributed by atoms with Crippen LogP contribution in [0.5, 0.6) is 0 Å². The number of anilines is 1. The molecule has 1 heterocycles. The Morgan fingerprint density at radius 2 is 1.67 bits per heavy atom. The van der Waals surface area contributed by atoms with Gasteiger partial charge in [0.2, 0.25) is 0 Å². The lowest BCUT2D eigenvalue weighted by Gasteiger charge is -2.20. The summed E-state index contributed by atoms with van der Waals surface area (Å²) in [5.74, 6) is 1.03. The van der Waals surface area contributed by atoms with E-state index in [4.69, 9.17) is 5.73 Å². The van der Waals surface area contributed by atoms with Crippen molar-refractivity contribution < 1.29 is 0 Å². The van der Waals surface area contributed by atoms with E-state index in [9.17, 15) is 0 Å². The fourth-order valence-corrected chi connectivity index (χ4v) is 2.17. The van der Waals surface area contributed by atoms with Crippen LogP contribution in [-0.4, -0.2) is 49.5 Å². The lowest BCUT2D eigenvalue weighted by molar-refractivity contribution is 0.630. The van der Waals surface area contributed by atoms with Gasteiger partial charge in [-0.25, -0.2) is 4.99 Å². The van der Waals surface area contributed by atoms with Gasteiger partial charge in [-0.05, 0) is 38.1 Å². The van der Waals surface area contributed by atoms with Crippen LogP contribution in [-0.2, 0) is 0 Å². The largest absolute Gasteiger partial charge is 0.380 e. The highest BCUT2D eigenvalue weighted by molar-refractivity contribution is 6.69. The summed E-state index contributed by atoms with van der Waals surface area (Å²) < 4.78 is 0. The van der Waals surface area contributed by atoms with Gasteiger partial charge in [-0.3, -0.25) is 0 Å². The molecule has 6 heteroatoms. The zero-order chi connectivity index (χ0) is 15.4. The van der Waals surface area contributed by atoms with E-state index >= 15 is 0 Å². The quantitative estimate of drug-likeness (QED) is 0.918. The first-order valence-corrected chi connectivity index (χ1v) is 7.09. The third-order valence-electron chi connectivity index (χ3n) is 3.35. The van der Waals surface area contributed by atoms with Gasteiger partial charge in [-0.2, -0.15) is 0 Å². The van der Waals surface area contributed by atoms with Gasteiger partial charge in [0.05, 0.1) is 5.69 Å². The van der Waals surface area contributed by atoms with Gasteiger partial charge in [-0.1, -0.05) is 0 Å². The first kappa shape index (κ1) is 15.0. The summed E-state index contributed by atoms with van der Waals surface area (Å²) in [6.45, 7) is 6.27. The summed E-state index contributed by atoms with van der Waals surface area (Å²) in [6, 6.07) is 8.11. The van der Waals surface area contributed by atoms with E-state index in [1.807, 2.05) is 31.1 Å². The first-order chi connectivity index (χ1) is 10.1. The maximum atomic E-state index is 5.85. The van der Waals surface area contributed by atoms with Gasteiger partial charge in [0.1, 0.15) is 0 Å². The van der Waals surface area contributed by atoms with Crippen molar-refractivity contribution in [1.82, 2.24) is 4.90 Å². The second kappa shape index (κ2) is 6.39. The SMILES string of the molecule is CCN(CC)c1ccc(N=C2C(N)=NN=C2N(C)C)cc1. The second-order valence-corrected chi connectivity index (χ2v) is 4.95. The Bertz CT molecular complexity index is 579. The van der Waals surface area contributed by atoms with E-state index in [0.717, 1.165) is 18.8 Å². The van der Waals surface area contributed by atoms with Gasteiger partial charge in [-0.15, -0.1) is 10.2 Å². The molecule has 21 heavy (non-hydrogen) atoms. The minimum absolute atomic E-state index is 0.353. The normalized spacial score (nSPS) is 15.9. The number of aliphatic imine (C=N–C) groups is 1. The third kappa shape index (κ3) is 3.21. The molecule has 0 atom stereocenters. The number of hydrogen-bond acceptors (Lipinski definition) is 6. The molecule has 1 aliphatic heterocycles. The lowest BCUT2D eigenvalue weighted by Crippen LogP contribution is -2.35. The highest BCUT2D eigenvalue weighted by Crippen LogP contribution is 2.20. The van der Waals surface area contributed by atoms with Crippen LogP contribution in [0, 0.1) is 0 Å². The van der Waals surface area contributed by atoms with Crippen LogP contribution >= 0.6 is 0 Å². The van der Waals surface area contributed by atoms with Gasteiger partial charge in [0.15, 0.2) is 17.4 Å². The second-order valence-electron chi connectivity index (χ2n) is 4.95. The van der Waals surface area contributed by atoms with Crippen LogP contribution < -0.4 is 10.6 Å². The Labute approximate surface area is 125 Å². The molecule has 6 nitrogen and oxygen atoms in total. The van der Waals surface area contributed by atoms with Crippen LogP contribution in [0.15, 0.2) is 39.5 Å². The molecule has 0 aliphatic carbocycles. The van der Waals surface area contributed by atoms with Crippen molar-refractivity contribution in [1.29, 1.82) is 0 Å². The van der Waals surface area contributed by atoms with Gasteiger partial charge < -0.3 is 15.5 Å². The summed E-state index contributed by atoms with van der Waals surface area (Å²) in [6.07, 6.45) is 0. The predicted octanol–water partition coefficient (Wildman–Crippen LogP) is 1.85. The van der Waals surface area contributed by atoms with Gasteiger partial charge in [0, 0.05) is 32.9 Å². The fourth-order valence-electron chi connectivity index (χ4n) is 2.17. The Hall–Kier alpha value is -2.37. The minimum atomic E-state index is 0.353. The Morgan fingerprint density at radius 3 is 2.19 bits per heavy atom. The average molecular weight is 286 g/mol. The van der Waals surface area contributed by atoms with Gasteiger partial charge >= 0.3 is 0 Å². The minimum Gasteiger partial charge on any atom is -0.380 e. The van der Waals surface area contributed by atoms with Crippen molar-refractivity contribution >= 4 is 28.8 Å². The molecule has 0 fully saturated rings. The highest BCUT2D eigenvalue weighted by atomic mass is 15.3. The molecule has 0 amide bonds. The van der Waals surface area contributed by atoms with Crippen molar-refractivity contribution in [2.75, 3.05) is 32.1 Å². The summed E-state index contributed by atoms with van der Waals surface area (Å²) in [4.78, 5) is 8.70. The molecule has 0 spiro atoms. The number of hydrogen-bond donors (Lipinski definition) is 1. The van der Waals surface area contributed by atoms with E-state index < -0.39 is 0 Å². The molecule has 1 aromatic carbocycles. The molecule has 2 rings (SSSR count). The zero-order valence-corrected chi connectivity index (χ0v) is 13.0. The summed E-state index contributed by atoms with van der Waals surface area (Å²) in [5, 5.41) is 7.92. The van der Waals surface area contributed by atoms with Crippen molar-refractivity contribution in [3.63, 3.8) is 0 Å². The molecule has 2 N–H and O–H groups in total. The van der Waals surface area contributed by atoms with E-state index in [-0.39, 0.29) is 0 Å². The van der Waals surface area contributed by atoms with E-state index in [0.29, 0.717) is 17.4 Å². The van der Waals surface area contributed by atoms with E-state index in [1.165, 1.54) is 5.69 Å². The van der Waals surface area contributed by atoms with Crippen LogP contribution in [0.2, 0.25) is 0 Å². The molecule has 1 aromatic rings. The molecule has 1 aliphatic rings. The highest BCUT2D eigenvalue weighted by Gasteiger charge is 2.21. The number of nitrogens with two attached hydrogens (primary N) is 1. The molecule has 0 radical (unpaired) electrons. The molecule has 0 saturated carbocycles. The number of benzene rings is 1. The molecular formula is C15H22N6. The average Bonchev–Trinajstić information content (AvgIpc) is 2.83. The Morgan fingerprint density at radius 1 is 1.05 bits per heavy atom. The van der Waals surface area contributed by atoms with E-state index in [1.54, 1.807) is 0 Å². The Kier molecular flexibility index (Phi) is 4.57. The summed E-state index contributed by atoms with van der Waals surface area (Å²) >= 11 is 0. The molecule has 0 bridgehead atoms. The number of rotatable bonds is 4. The van der Waals surface area contributed by atoms with Gasteiger partial charge in [0.25, 0.3) is 0 Å². The van der Waals surface area contributed by atoms with Crippen molar-refractivity contribution in [3.05, 3.63) is 24.3 Å². The van der Waals surface area contributed by atoms with Crippen molar-refractivity contribution in [2.45, 2.75) is 13.8 Å². The van der Waals surface area contributed by atoms with Crippen LogP contribution in [0.4, 0.5) is 11.4 Å². The number of nitrogens with zero attached hydrogens (tertiary/aromatic N) is 5. The monoisotopic (exact) mass is 286 g/mol. The zero-order valence-electron chi connectivity index (χ0n) is 13.0. The van der Waals surface area contributed by atoms with Crippen molar-refractivity contribution in [3.8, 4) is 0 Å². The third-order valence-corrected chi connectivity index (χ3v) is 3.35. The lowest BCUT2D eigenvalue weighted by atomic mass is 10.2.